The molecule has 0 radical (unpaired) electrons. The number of nitrogens with one attached hydrogen (secondary N) is 1. The number of hydrogen-bond donors (Lipinski definition) is 2. The summed E-state index contributed by atoms with van der Waals surface area (Å²) in [6.07, 6.45) is 3.06. The van der Waals surface area contributed by atoms with Gasteiger partial charge in [-0.2, -0.15) is 0 Å². The van der Waals surface area contributed by atoms with Crippen LogP contribution in [0.5, 0.6) is 0 Å². The summed E-state index contributed by atoms with van der Waals surface area (Å²) in [5.41, 5.74) is 0.604. The zero-order valence-corrected chi connectivity index (χ0v) is 15.6. The van der Waals surface area contributed by atoms with Crippen LogP contribution in [0.1, 0.15) is 24.6 Å². The summed E-state index contributed by atoms with van der Waals surface area (Å²) in [6, 6.07) is 1.20. The molecule has 2 rings (SSSR count). The largest absolute Gasteiger partial charge is 0.394 e. The number of nitrogens with zero attached hydrogens (tertiary/aromatic N) is 1. The highest BCUT2D eigenvalue weighted by atomic mass is 32.1. The Morgan fingerprint density at radius 2 is 2.18 bits per heavy atom. The van der Waals surface area contributed by atoms with Crippen molar-refractivity contribution in [3.8, 4) is 0 Å². The van der Waals surface area contributed by atoms with Crippen molar-refractivity contribution in [1.29, 1.82) is 0 Å². The van der Waals surface area contributed by atoms with Crippen molar-refractivity contribution in [3.63, 3.8) is 0 Å². The predicted octanol–water partition coefficient (Wildman–Crippen LogP) is 2.84. The molecule has 5 nitrogen and oxygen atoms in total. The Balaban J connectivity index is 2.16. The van der Waals surface area contributed by atoms with Gasteiger partial charge in [0.2, 0.25) is 0 Å². The van der Waals surface area contributed by atoms with Gasteiger partial charge in [0.05, 0.1) is 12.7 Å². The van der Waals surface area contributed by atoms with Gasteiger partial charge in [0, 0.05) is 19.8 Å². The summed E-state index contributed by atoms with van der Waals surface area (Å²) in [6.45, 7) is 8.91. The molecule has 0 aromatic carbocycles. The smallest absolute Gasteiger partial charge is 0.328 e. The van der Waals surface area contributed by atoms with Crippen molar-refractivity contribution < 1.29 is 9.84 Å². The molecule has 1 aliphatic heterocycles. The minimum atomic E-state index is -1.12. The van der Waals surface area contributed by atoms with E-state index in [9.17, 15) is 9.90 Å². The van der Waals surface area contributed by atoms with E-state index in [-0.39, 0.29) is 24.6 Å². The van der Waals surface area contributed by atoms with Gasteiger partial charge in [-0.15, -0.1) is 0 Å². The van der Waals surface area contributed by atoms with Crippen LogP contribution in [0.15, 0.2) is 11.0 Å². The topological polar surface area (TPSA) is 67.2 Å². The molecule has 2 heterocycles. The minimum Gasteiger partial charge on any atom is -0.394 e. The molecular formula is C15H26N2O3SSi. The molecule has 0 aliphatic carbocycles. The lowest BCUT2D eigenvalue weighted by atomic mass is 9.98. The molecule has 1 unspecified atom stereocenters. The van der Waals surface area contributed by atoms with E-state index in [1.807, 2.05) is 6.92 Å². The van der Waals surface area contributed by atoms with E-state index in [2.05, 4.69) is 24.6 Å². The second kappa shape index (κ2) is 6.78. The number of aromatic amines is 1. The van der Waals surface area contributed by atoms with Crippen LogP contribution in [-0.2, 0) is 4.74 Å². The van der Waals surface area contributed by atoms with Gasteiger partial charge >= 0.3 is 5.69 Å². The molecule has 2 N–H and O–H groups in total. The summed E-state index contributed by atoms with van der Waals surface area (Å²) < 4.78 is 7.96. The third-order valence-electron chi connectivity index (χ3n) is 4.26. The maximum absolute atomic E-state index is 12.1. The number of H-pyrrole nitrogens is 1. The lowest BCUT2D eigenvalue weighted by Gasteiger charge is -2.20. The van der Waals surface area contributed by atoms with Crippen LogP contribution in [0.3, 0.4) is 0 Å². The van der Waals surface area contributed by atoms with Crippen LogP contribution >= 0.6 is 12.2 Å². The molecule has 0 amide bonds. The quantitative estimate of drug-likeness (QED) is 0.638. The number of aryl methyl sites for hydroxylation is 1. The lowest BCUT2D eigenvalue weighted by molar-refractivity contribution is -0.0329. The van der Waals surface area contributed by atoms with Gasteiger partial charge in [-0.1, -0.05) is 44.3 Å². The van der Waals surface area contributed by atoms with Crippen LogP contribution in [0, 0.1) is 17.5 Å². The fourth-order valence-corrected chi connectivity index (χ4v) is 4.25. The molecular weight excluding hydrogens is 316 g/mol. The molecule has 3 atom stereocenters. The van der Waals surface area contributed by atoms with Crippen molar-refractivity contribution in [2.24, 2.45) is 5.92 Å². The number of ether oxygens (including phenoxy) is 1. The fourth-order valence-electron chi connectivity index (χ4n) is 2.87. The van der Waals surface area contributed by atoms with Gasteiger partial charge in [0.25, 0.3) is 0 Å². The van der Waals surface area contributed by atoms with Crippen LogP contribution in [0.4, 0.5) is 0 Å². The second-order valence-electron chi connectivity index (χ2n) is 7.39. The minimum absolute atomic E-state index is 0.00341. The highest BCUT2D eigenvalue weighted by molar-refractivity contribution is 7.71. The van der Waals surface area contributed by atoms with Crippen molar-refractivity contribution in [3.05, 3.63) is 26.9 Å². The van der Waals surface area contributed by atoms with Crippen molar-refractivity contribution in [2.75, 3.05) is 6.61 Å². The van der Waals surface area contributed by atoms with Gasteiger partial charge in [-0.25, -0.2) is 4.79 Å². The molecule has 1 aromatic heterocycles. The van der Waals surface area contributed by atoms with E-state index in [4.69, 9.17) is 17.0 Å². The van der Waals surface area contributed by atoms with E-state index < -0.39 is 8.07 Å². The van der Waals surface area contributed by atoms with Crippen LogP contribution in [0.2, 0.25) is 25.7 Å². The first-order valence-corrected chi connectivity index (χ1v) is 11.9. The first-order valence-electron chi connectivity index (χ1n) is 7.79. The summed E-state index contributed by atoms with van der Waals surface area (Å²) in [5, 5.41) is 9.57. The molecule has 0 saturated carbocycles. The highest BCUT2D eigenvalue weighted by Gasteiger charge is 2.36. The van der Waals surface area contributed by atoms with E-state index in [0.717, 1.165) is 18.4 Å². The van der Waals surface area contributed by atoms with Gasteiger partial charge < -0.3 is 9.84 Å². The Hall–Kier alpha value is -0.763. The molecule has 1 fully saturated rings. The van der Waals surface area contributed by atoms with Crippen LogP contribution in [0.25, 0.3) is 0 Å². The molecule has 22 heavy (non-hydrogen) atoms. The van der Waals surface area contributed by atoms with E-state index in [1.165, 1.54) is 6.04 Å². The van der Waals surface area contributed by atoms with E-state index in [0.29, 0.717) is 10.6 Å². The Morgan fingerprint density at radius 3 is 2.77 bits per heavy atom. The average Bonchev–Trinajstić information content (AvgIpc) is 2.83. The summed E-state index contributed by atoms with van der Waals surface area (Å²) >= 11 is 5.08. The number of aliphatic hydroxyl groups is 1. The normalized spacial score (nSPS) is 25.6. The van der Waals surface area contributed by atoms with E-state index >= 15 is 0 Å². The van der Waals surface area contributed by atoms with Gasteiger partial charge in [0.1, 0.15) is 10.9 Å². The molecule has 1 aromatic rings. The zero-order chi connectivity index (χ0) is 16.5. The van der Waals surface area contributed by atoms with Crippen LogP contribution in [-0.4, -0.2) is 35.4 Å². The third kappa shape index (κ3) is 4.16. The molecule has 0 bridgehead atoms. The molecule has 0 spiro atoms. The first-order chi connectivity index (χ1) is 10.2. The van der Waals surface area contributed by atoms with Crippen molar-refractivity contribution in [1.82, 2.24) is 9.55 Å². The Bertz CT molecular complexity index is 635. The van der Waals surface area contributed by atoms with Gasteiger partial charge in [-0.3, -0.25) is 9.55 Å². The molecule has 1 aliphatic rings. The highest BCUT2D eigenvalue weighted by Crippen LogP contribution is 2.36. The van der Waals surface area contributed by atoms with Gasteiger partial charge in [-0.05, 0) is 19.3 Å². The fraction of sp³-hybridized carbons (Fsp3) is 0.733. The third-order valence-corrected chi connectivity index (χ3v) is 6.48. The molecule has 7 heteroatoms. The maximum atomic E-state index is 12.1. The monoisotopic (exact) mass is 342 g/mol. The Kier molecular flexibility index (Phi) is 5.42. The summed E-state index contributed by atoms with van der Waals surface area (Å²) in [5.74, 6) is 0.303. The first kappa shape index (κ1) is 17.6. The average molecular weight is 343 g/mol. The number of aromatic nitrogens is 2. The Labute approximate surface area is 137 Å². The van der Waals surface area contributed by atoms with Crippen molar-refractivity contribution >= 4 is 20.3 Å². The number of rotatable bonds is 5. The maximum Gasteiger partial charge on any atom is 0.328 e. The standard InChI is InChI=1S/C15H26N2O3SSi/c1-10-8-17(15(19)16-14(10)21)13-7-11(12(9-18)20-13)5-6-22(2,3)4/h8,11-13,18H,5-7,9H2,1-4H3,(H,16,19,21)/t11?,12-,13-/m1/s1. The van der Waals surface area contributed by atoms with Crippen molar-refractivity contribution in [2.45, 2.75) is 57.8 Å². The second-order valence-corrected chi connectivity index (χ2v) is 13.4. The Morgan fingerprint density at radius 1 is 1.50 bits per heavy atom. The van der Waals surface area contributed by atoms with Crippen LogP contribution < -0.4 is 5.69 Å². The zero-order valence-electron chi connectivity index (χ0n) is 13.8. The van der Waals surface area contributed by atoms with E-state index in [1.54, 1.807) is 10.8 Å². The SMILES string of the molecule is Cc1cn([C@H]2CC(CC[Si](C)(C)C)[C@@H](CO)O2)c(=O)[nH]c1=S. The summed E-state index contributed by atoms with van der Waals surface area (Å²) in [7, 11) is -1.12. The lowest BCUT2D eigenvalue weighted by Crippen LogP contribution is -2.28. The molecule has 124 valence electrons. The number of hydrogen-bond acceptors (Lipinski definition) is 4. The van der Waals surface area contributed by atoms with Gasteiger partial charge in [0.15, 0.2) is 0 Å². The number of aliphatic hydroxyl groups excluding tert-OH is 1. The molecule has 1 saturated heterocycles. The summed E-state index contributed by atoms with van der Waals surface area (Å²) in [4.78, 5) is 14.8. The predicted molar refractivity (Wildman–Crippen MR) is 92.5 cm³/mol.